The number of anilines is 1. The maximum atomic E-state index is 8.73. The summed E-state index contributed by atoms with van der Waals surface area (Å²) in [5.41, 5.74) is 1.28. The van der Waals surface area contributed by atoms with E-state index in [1.807, 2.05) is 13.0 Å². The van der Waals surface area contributed by atoms with E-state index < -0.39 is 0 Å². The number of hydrogen-bond acceptors (Lipinski definition) is 4. The zero-order valence-corrected chi connectivity index (χ0v) is 10.8. The molecular formula is C12H15ClN2O2. The third-order valence-corrected chi connectivity index (χ3v) is 2.67. The molecule has 0 aromatic heterocycles. The van der Waals surface area contributed by atoms with Crippen LogP contribution in [0.1, 0.15) is 12.5 Å². The monoisotopic (exact) mass is 254 g/mol. The van der Waals surface area contributed by atoms with E-state index in [-0.39, 0.29) is 12.3 Å². The average Bonchev–Trinajstić information content (AvgIpc) is 2.33. The van der Waals surface area contributed by atoms with Crippen molar-refractivity contribution >= 4 is 17.3 Å². The van der Waals surface area contributed by atoms with Crippen LogP contribution in [0.2, 0.25) is 5.02 Å². The summed E-state index contributed by atoms with van der Waals surface area (Å²) in [4.78, 5) is 0. The van der Waals surface area contributed by atoms with Crippen LogP contribution in [0, 0.1) is 11.3 Å². The minimum Gasteiger partial charge on any atom is -0.376 e. The molecule has 1 N–H and O–H groups in total. The molecule has 0 aliphatic carbocycles. The summed E-state index contributed by atoms with van der Waals surface area (Å²) in [6.45, 7) is 1.92. The van der Waals surface area contributed by atoms with Crippen LogP contribution in [0.5, 0.6) is 0 Å². The van der Waals surface area contributed by atoms with Crippen LogP contribution >= 0.6 is 11.6 Å². The SMILES string of the molecule is COC(OC)C(C)Nc1ccc(C#N)cc1Cl. The van der Waals surface area contributed by atoms with E-state index in [9.17, 15) is 0 Å². The molecule has 1 atom stereocenters. The molecule has 1 aromatic carbocycles. The zero-order valence-electron chi connectivity index (χ0n) is 10.0. The van der Waals surface area contributed by atoms with Gasteiger partial charge in [-0.3, -0.25) is 0 Å². The molecule has 1 aromatic rings. The Morgan fingerprint density at radius 2 is 2.00 bits per heavy atom. The van der Waals surface area contributed by atoms with E-state index in [2.05, 4.69) is 5.32 Å². The average molecular weight is 255 g/mol. The lowest BCUT2D eigenvalue weighted by Crippen LogP contribution is -2.33. The van der Waals surface area contributed by atoms with E-state index in [4.69, 9.17) is 26.3 Å². The summed E-state index contributed by atoms with van der Waals surface area (Å²) < 4.78 is 10.3. The molecule has 0 saturated heterocycles. The van der Waals surface area contributed by atoms with Crippen LogP contribution in [0.15, 0.2) is 18.2 Å². The molecule has 0 saturated carbocycles. The summed E-state index contributed by atoms with van der Waals surface area (Å²) in [5.74, 6) is 0. The van der Waals surface area contributed by atoms with Crippen LogP contribution in [0.4, 0.5) is 5.69 Å². The molecule has 0 radical (unpaired) electrons. The number of benzene rings is 1. The van der Waals surface area contributed by atoms with Gasteiger partial charge < -0.3 is 14.8 Å². The number of nitriles is 1. The first-order valence-corrected chi connectivity index (χ1v) is 5.52. The summed E-state index contributed by atoms with van der Waals surface area (Å²) in [5, 5.41) is 12.4. The molecule has 0 heterocycles. The Balaban J connectivity index is 2.78. The lowest BCUT2D eigenvalue weighted by molar-refractivity contribution is -0.109. The molecule has 0 aliphatic rings. The minimum absolute atomic E-state index is 0.0598. The van der Waals surface area contributed by atoms with E-state index in [0.29, 0.717) is 10.6 Å². The van der Waals surface area contributed by atoms with E-state index in [1.54, 1.807) is 32.4 Å². The first-order valence-electron chi connectivity index (χ1n) is 5.14. The van der Waals surface area contributed by atoms with E-state index >= 15 is 0 Å². The highest BCUT2D eigenvalue weighted by Gasteiger charge is 2.16. The molecular weight excluding hydrogens is 240 g/mol. The lowest BCUT2D eigenvalue weighted by atomic mass is 10.2. The molecule has 0 aliphatic heterocycles. The van der Waals surface area contributed by atoms with Crippen molar-refractivity contribution in [2.24, 2.45) is 0 Å². The van der Waals surface area contributed by atoms with Gasteiger partial charge in [0.05, 0.1) is 28.4 Å². The first kappa shape index (κ1) is 13.8. The van der Waals surface area contributed by atoms with Crippen LogP contribution in [0.25, 0.3) is 0 Å². The van der Waals surface area contributed by atoms with Gasteiger partial charge >= 0.3 is 0 Å². The molecule has 0 spiro atoms. The molecule has 92 valence electrons. The second-order valence-corrected chi connectivity index (χ2v) is 3.99. The lowest BCUT2D eigenvalue weighted by Gasteiger charge is -2.23. The van der Waals surface area contributed by atoms with Gasteiger partial charge in [0, 0.05) is 14.2 Å². The van der Waals surface area contributed by atoms with Gasteiger partial charge in [-0.15, -0.1) is 0 Å². The van der Waals surface area contributed by atoms with Gasteiger partial charge in [0.25, 0.3) is 0 Å². The number of rotatable bonds is 5. The second kappa shape index (κ2) is 6.45. The number of ether oxygens (including phenoxy) is 2. The Morgan fingerprint density at radius 3 is 2.47 bits per heavy atom. The Morgan fingerprint density at radius 1 is 1.35 bits per heavy atom. The molecule has 0 bridgehead atoms. The van der Waals surface area contributed by atoms with Gasteiger partial charge in [0.15, 0.2) is 6.29 Å². The van der Waals surface area contributed by atoms with Crippen molar-refractivity contribution in [2.45, 2.75) is 19.3 Å². The largest absolute Gasteiger partial charge is 0.376 e. The van der Waals surface area contributed by atoms with Crippen molar-refractivity contribution in [1.29, 1.82) is 5.26 Å². The first-order chi connectivity index (χ1) is 8.12. The Kier molecular flexibility index (Phi) is 5.23. The van der Waals surface area contributed by atoms with E-state index in [1.165, 1.54) is 0 Å². The number of nitrogens with one attached hydrogen (secondary N) is 1. The number of methoxy groups -OCH3 is 2. The Hall–Kier alpha value is -1.28. The molecule has 0 fully saturated rings. The molecule has 17 heavy (non-hydrogen) atoms. The number of nitrogens with zero attached hydrogens (tertiary/aromatic N) is 1. The van der Waals surface area contributed by atoms with Gasteiger partial charge in [0.1, 0.15) is 0 Å². The minimum atomic E-state index is -0.360. The van der Waals surface area contributed by atoms with Gasteiger partial charge in [-0.05, 0) is 25.1 Å². The quantitative estimate of drug-likeness (QED) is 0.821. The smallest absolute Gasteiger partial charge is 0.176 e. The highest BCUT2D eigenvalue weighted by molar-refractivity contribution is 6.33. The third-order valence-electron chi connectivity index (χ3n) is 2.35. The van der Waals surface area contributed by atoms with Crippen molar-refractivity contribution < 1.29 is 9.47 Å². The Bertz CT molecular complexity index is 413. The van der Waals surface area contributed by atoms with Crippen molar-refractivity contribution in [1.82, 2.24) is 0 Å². The second-order valence-electron chi connectivity index (χ2n) is 3.58. The summed E-state index contributed by atoms with van der Waals surface area (Å²) in [7, 11) is 3.15. The van der Waals surface area contributed by atoms with Gasteiger partial charge in [0.2, 0.25) is 0 Å². The van der Waals surface area contributed by atoms with E-state index in [0.717, 1.165) is 5.69 Å². The van der Waals surface area contributed by atoms with Crippen molar-refractivity contribution in [3.8, 4) is 6.07 Å². The zero-order chi connectivity index (χ0) is 12.8. The van der Waals surface area contributed by atoms with Crippen molar-refractivity contribution in [3.63, 3.8) is 0 Å². The summed E-state index contributed by atoms with van der Waals surface area (Å²) >= 11 is 6.05. The molecule has 1 rings (SSSR count). The Labute approximate surface area is 106 Å². The van der Waals surface area contributed by atoms with Crippen LogP contribution in [-0.4, -0.2) is 26.6 Å². The molecule has 5 heteroatoms. The molecule has 0 amide bonds. The summed E-state index contributed by atoms with van der Waals surface area (Å²) in [6, 6.07) is 7.06. The summed E-state index contributed by atoms with van der Waals surface area (Å²) in [6.07, 6.45) is -0.360. The van der Waals surface area contributed by atoms with Crippen LogP contribution in [-0.2, 0) is 9.47 Å². The standard InChI is InChI=1S/C12H15ClN2O2/c1-8(12(16-2)17-3)15-11-5-4-9(7-14)6-10(11)13/h4-6,8,12,15H,1-3H3. The predicted molar refractivity (Wildman–Crippen MR) is 67.1 cm³/mol. The van der Waals surface area contributed by atoms with Crippen LogP contribution < -0.4 is 5.32 Å². The molecule has 4 nitrogen and oxygen atoms in total. The fourth-order valence-electron chi connectivity index (χ4n) is 1.52. The van der Waals surface area contributed by atoms with Crippen LogP contribution in [0.3, 0.4) is 0 Å². The topological polar surface area (TPSA) is 54.3 Å². The van der Waals surface area contributed by atoms with Gasteiger partial charge in [-0.1, -0.05) is 11.6 Å². The molecule has 1 unspecified atom stereocenters. The highest BCUT2D eigenvalue weighted by atomic mass is 35.5. The maximum Gasteiger partial charge on any atom is 0.176 e. The normalized spacial score (nSPS) is 12.2. The highest BCUT2D eigenvalue weighted by Crippen LogP contribution is 2.24. The fraction of sp³-hybridized carbons (Fsp3) is 0.417. The van der Waals surface area contributed by atoms with Gasteiger partial charge in [-0.25, -0.2) is 0 Å². The van der Waals surface area contributed by atoms with Crippen molar-refractivity contribution in [3.05, 3.63) is 28.8 Å². The van der Waals surface area contributed by atoms with Crippen molar-refractivity contribution in [2.75, 3.05) is 19.5 Å². The number of halogens is 1. The predicted octanol–water partition coefficient (Wildman–Crippen LogP) is 2.63. The fourth-order valence-corrected chi connectivity index (χ4v) is 1.75. The number of hydrogen-bond donors (Lipinski definition) is 1. The van der Waals surface area contributed by atoms with Gasteiger partial charge in [-0.2, -0.15) is 5.26 Å². The third kappa shape index (κ3) is 3.60. The maximum absolute atomic E-state index is 8.73.